The summed E-state index contributed by atoms with van der Waals surface area (Å²) in [6, 6.07) is 2.80. The normalized spacial score (nSPS) is 13.3. The van der Waals surface area contributed by atoms with Crippen LogP contribution in [-0.2, 0) is 14.8 Å². The summed E-state index contributed by atoms with van der Waals surface area (Å²) in [4.78, 5) is 10.0. The lowest BCUT2D eigenvalue weighted by Gasteiger charge is -2.10. The molecular weight excluding hydrogens is 287 g/mol. The van der Waals surface area contributed by atoms with Gasteiger partial charge in [-0.15, -0.1) is 0 Å². The molecule has 1 amide bonds. The molecule has 0 aliphatic rings. The highest BCUT2D eigenvalue weighted by atomic mass is 35.5. The Kier molecular flexibility index (Phi) is 4.63. The number of primary amides is 1. The van der Waals surface area contributed by atoms with Crippen LogP contribution >= 0.6 is 11.6 Å². The van der Waals surface area contributed by atoms with E-state index >= 15 is 0 Å². The second-order valence-corrected chi connectivity index (χ2v) is 5.49. The van der Waals surface area contributed by atoms with E-state index < -0.39 is 39.3 Å². The van der Waals surface area contributed by atoms with Crippen LogP contribution < -0.4 is 10.5 Å². The van der Waals surface area contributed by atoms with Crippen molar-refractivity contribution in [3.05, 3.63) is 29.0 Å². The molecule has 0 aliphatic heterocycles. The number of hydrogen-bond acceptors (Lipinski definition) is 4. The van der Waals surface area contributed by atoms with E-state index in [-0.39, 0.29) is 5.02 Å². The molecule has 9 heteroatoms. The van der Waals surface area contributed by atoms with Gasteiger partial charge in [-0.05, 0) is 18.2 Å². The maximum Gasteiger partial charge on any atom is 0.247 e. The molecule has 1 atom stereocenters. The third-order valence-electron chi connectivity index (χ3n) is 1.98. The average molecular weight is 297 g/mol. The summed E-state index contributed by atoms with van der Waals surface area (Å²) in [6.45, 7) is -0.621. The minimum Gasteiger partial charge on any atom is -0.382 e. The van der Waals surface area contributed by atoms with Crippen molar-refractivity contribution in [2.75, 3.05) is 6.54 Å². The maximum absolute atomic E-state index is 12.9. The van der Waals surface area contributed by atoms with Crippen molar-refractivity contribution in [2.45, 2.75) is 11.0 Å². The molecule has 100 valence electrons. The lowest BCUT2D eigenvalue weighted by atomic mass is 10.3. The minimum atomic E-state index is -4.13. The molecule has 0 bridgehead atoms. The molecule has 6 nitrogen and oxygen atoms in total. The number of benzene rings is 1. The number of aliphatic hydroxyl groups is 1. The van der Waals surface area contributed by atoms with Crippen molar-refractivity contribution in [2.24, 2.45) is 5.73 Å². The molecule has 1 rings (SSSR count). The Hall–Kier alpha value is -1.22. The molecule has 0 fully saturated rings. The zero-order chi connectivity index (χ0) is 13.9. The first-order valence-corrected chi connectivity index (χ1v) is 6.52. The van der Waals surface area contributed by atoms with Gasteiger partial charge in [0, 0.05) is 6.54 Å². The Morgan fingerprint density at radius 3 is 2.72 bits per heavy atom. The van der Waals surface area contributed by atoms with Crippen LogP contribution in [0.25, 0.3) is 0 Å². The van der Waals surface area contributed by atoms with Crippen LogP contribution in [-0.4, -0.2) is 32.1 Å². The van der Waals surface area contributed by atoms with Gasteiger partial charge in [0.2, 0.25) is 15.9 Å². The van der Waals surface area contributed by atoms with Gasteiger partial charge in [-0.1, -0.05) is 11.6 Å². The van der Waals surface area contributed by atoms with E-state index in [4.69, 9.17) is 22.4 Å². The monoisotopic (exact) mass is 296 g/mol. The fraction of sp³-hybridized carbons (Fsp3) is 0.222. The van der Waals surface area contributed by atoms with E-state index in [0.717, 1.165) is 18.2 Å². The number of sulfonamides is 1. The van der Waals surface area contributed by atoms with Crippen LogP contribution in [0.15, 0.2) is 23.1 Å². The highest BCUT2D eigenvalue weighted by molar-refractivity contribution is 7.89. The standard InChI is InChI=1S/C9H10ClFN2O4S/c10-6-2-1-5(11)3-8(6)18(16,17)13-4-7(14)9(12)15/h1-3,7,13-14H,4H2,(H2,12,15). The van der Waals surface area contributed by atoms with Gasteiger partial charge < -0.3 is 10.8 Å². The Bertz CT molecular complexity index is 564. The first-order valence-electron chi connectivity index (χ1n) is 4.66. The molecular formula is C9H10ClFN2O4S. The summed E-state index contributed by atoms with van der Waals surface area (Å²) in [6.07, 6.45) is -1.67. The van der Waals surface area contributed by atoms with Gasteiger partial charge in [0.25, 0.3) is 0 Å². The summed E-state index contributed by atoms with van der Waals surface area (Å²) in [5.41, 5.74) is 4.75. The van der Waals surface area contributed by atoms with Crippen LogP contribution in [0.2, 0.25) is 5.02 Å². The SMILES string of the molecule is NC(=O)C(O)CNS(=O)(=O)c1cc(F)ccc1Cl. The number of halogens is 2. The van der Waals surface area contributed by atoms with Gasteiger partial charge >= 0.3 is 0 Å². The van der Waals surface area contributed by atoms with E-state index in [1.165, 1.54) is 0 Å². The van der Waals surface area contributed by atoms with Gasteiger partial charge in [-0.3, -0.25) is 4.79 Å². The predicted octanol–water partition coefficient (Wildman–Crippen LogP) is -0.396. The van der Waals surface area contributed by atoms with Crippen LogP contribution in [0.5, 0.6) is 0 Å². The van der Waals surface area contributed by atoms with E-state index in [1.807, 2.05) is 4.72 Å². The van der Waals surface area contributed by atoms with Crippen molar-refractivity contribution in [1.29, 1.82) is 0 Å². The molecule has 1 aromatic rings. The molecule has 0 aliphatic carbocycles. The Morgan fingerprint density at radius 2 is 2.17 bits per heavy atom. The molecule has 0 saturated carbocycles. The maximum atomic E-state index is 12.9. The number of hydrogen-bond donors (Lipinski definition) is 3. The van der Waals surface area contributed by atoms with Crippen molar-refractivity contribution in [3.8, 4) is 0 Å². The number of carbonyl (C=O) groups is 1. The first kappa shape index (κ1) is 14.8. The molecule has 0 aromatic heterocycles. The second-order valence-electron chi connectivity index (χ2n) is 3.34. The van der Waals surface area contributed by atoms with Gasteiger partial charge in [0.15, 0.2) is 0 Å². The van der Waals surface area contributed by atoms with E-state index in [0.29, 0.717) is 0 Å². The van der Waals surface area contributed by atoms with Crippen molar-refractivity contribution in [3.63, 3.8) is 0 Å². The number of carbonyl (C=O) groups excluding carboxylic acids is 1. The molecule has 0 saturated heterocycles. The fourth-order valence-electron chi connectivity index (χ4n) is 1.05. The molecule has 1 unspecified atom stereocenters. The molecule has 0 radical (unpaired) electrons. The Morgan fingerprint density at radius 1 is 1.56 bits per heavy atom. The lowest BCUT2D eigenvalue weighted by molar-refractivity contribution is -0.125. The average Bonchev–Trinajstić information content (AvgIpc) is 2.29. The number of amides is 1. The second kappa shape index (κ2) is 5.61. The Labute approximate surface area is 108 Å². The highest BCUT2D eigenvalue weighted by Crippen LogP contribution is 2.21. The summed E-state index contributed by atoms with van der Waals surface area (Å²) < 4.78 is 38.2. The summed E-state index contributed by atoms with van der Waals surface area (Å²) in [5, 5.41) is 8.87. The van der Waals surface area contributed by atoms with Gasteiger partial charge in [0.05, 0.1) is 5.02 Å². The van der Waals surface area contributed by atoms with Gasteiger partial charge in [0.1, 0.15) is 16.8 Å². The van der Waals surface area contributed by atoms with E-state index in [2.05, 4.69) is 0 Å². The third-order valence-corrected chi connectivity index (χ3v) is 3.88. The fourth-order valence-corrected chi connectivity index (χ4v) is 2.60. The topological polar surface area (TPSA) is 109 Å². The van der Waals surface area contributed by atoms with Crippen molar-refractivity contribution in [1.82, 2.24) is 4.72 Å². The van der Waals surface area contributed by atoms with E-state index in [1.54, 1.807) is 0 Å². The molecule has 18 heavy (non-hydrogen) atoms. The van der Waals surface area contributed by atoms with Gasteiger partial charge in [-0.2, -0.15) is 0 Å². The lowest BCUT2D eigenvalue weighted by Crippen LogP contribution is -2.40. The van der Waals surface area contributed by atoms with Crippen LogP contribution in [0.3, 0.4) is 0 Å². The van der Waals surface area contributed by atoms with Crippen molar-refractivity contribution >= 4 is 27.5 Å². The Balaban J connectivity index is 2.93. The molecule has 0 heterocycles. The highest BCUT2D eigenvalue weighted by Gasteiger charge is 2.21. The predicted molar refractivity (Wildman–Crippen MR) is 61.8 cm³/mol. The molecule has 4 N–H and O–H groups in total. The van der Waals surface area contributed by atoms with Crippen LogP contribution in [0.1, 0.15) is 0 Å². The van der Waals surface area contributed by atoms with E-state index in [9.17, 15) is 17.6 Å². The molecule has 1 aromatic carbocycles. The quantitative estimate of drug-likeness (QED) is 0.687. The van der Waals surface area contributed by atoms with Crippen LogP contribution in [0, 0.1) is 5.82 Å². The molecule has 0 spiro atoms. The summed E-state index contributed by atoms with van der Waals surface area (Å²) in [7, 11) is -4.13. The first-order chi connectivity index (χ1) is 8.24. The third kappa shape index (κ3) is 3.64. The zero-order valence-corrected chi connectivity index (χ0v) is 10.5. The summed E-state index contributed by atoms with van der Waals surface area (Å²) in [5.74, 6) is -1.86. The summed E-state index contributed by atoms with van der Waals surface area (Å²) >= 11 is 5.62. The number of aliphatic hydroxyl groups excluding tert-OH is 1. The smallest absolute Gasteiger partial charge is 0.247 e. The van der Waals surface area contributed by atoms with Gasteiger partial charge in [-0.25, -0.2) is 17.5 Å². The van der Waals surface area contributed by atoms with Crippen LogP contribution in [0.4, 0.5) is 4.39 Å². The minimum absolute atomic E-state index is 0.183. The number of rotatable bonds is 5. The number of nitrogens with two attached hydrogens (primary N) is 1. The zero-order valence-electron chi connectivity index (χ0n) is 8.93. The van der Waals surface area contributed by atoms with Crippen molar-refractivity contribution < 1.29 is 22.7 Å². The largest absolute Gasteiger partial charge is 0.382 e. The number of nitrogens with one attached hydrogen (secondary N) is 1.